The van der Waals surface area contributed by atoms with E-state index in [4.69, 9.17) is 4.42 Å². The third-order valence-electron chi connectivity index (χ3n) is 4.15. The van der Waals surface area contributed by atoms with Gasteiger partial charge in [-0.2, -0.15) is 0 Å². The van der Waals surface area contributed by atoms with Gasteiger partial charge in [0.1, 0.15) is 6.04 Å². The summed E-state index contributed by atoms with van der Waals surface area (Å²) in [5, 5.41) is 11.3. The van der Waals surface area contributed by atoms with Crippen LogP contribution in [0.15, 0.2) is 95.4 Å². The molecule has 0 aliphatic carbocycles. The van der Waals surface area contributed by atoms with E-state index >= 15 is 0 Å². The predicted molar refractivity (Wildman–Crippen MR) is 102 cm³/mol. The number of nitrogens with zero attached hydrogens (tertiary/aromatic N) is 2. The van der Waals surface area contributed by atoms with Crippen LogP contribution in [0.2, 0.25) is 0 Å². The molecule has 0 unspecified atom stereocenters. The third kappa shape index (κ3) is 3.77. The summed E-state index contributed by atoms with van der Waals surface area (Å²) >= 11 is 0. The highest BCUT2D eigenvalue weighted by Crippen LogP contribution is 2.25. The monoisotopic (exact) mass is 355 g/mol. The lowest BCUT2D eigenvalue weighted by atomic mass is 10.1. The first kappa shape index (κ1) is 16.7. The molecule has 0 saturated heterocycles. The molecule has 5 heteroatoms. The zero-order chi connectivity index (χ0) is 18.5. The van der Waals surface area contributed by atoms with Crippen LogP contribution in [-0.4, -0.2) is 16.1 Å². The van der Waals surface area contributed by atoms with Crippen molar-refractivity contribution in [2.24, 2.45) is 0 Å². The summed E-state index contributed by atoms with van der Waals surface area (Å²) in [6, 6.07) is 27.6. The van der Waals surface area contributed by atoms with E-state index < -0.39 is 6.04 Å². The van der Waals surface area contributed by atoms with E-state index in [-0.39, 0.29) is 5.91 Å². The molecular weight excluding hydrogens is 338 g/mol. The first-order valence-electron chi connectivity index (χ1n) is 8.61. The van der Waals surface area contributed by atoms with Gasteiger partial charge in [0.15, 0.2) is 0 Å². The molecule has 4 aromatic rings. The summed E-state index contributed by atoms with van der Waals surface area (Å²) in [4.78, 5) is 12.7. The Morgan fingerprint density at radius 2 is 1.37 bits per heavy atom. The first-order chi connectivity index (χ1) is 13.3. The van der Waals surface area contributed by atoms with Gasteiger partial charge in [0.25, 0.3) is 5.91 Å². The van der Waals surface area contributed by atoms with Crippen molar-refractivity contribution in [1.82, 2.24) is 15.5 Å². The number of amides is 1. The summed E-state index contributed by atoms with van der Waals surface area (Å²) in [6.07, 6.45) is 0. The average molecular weight is 355 g/mol. The van der Waals surface area contributed by atoms with Gasteiger partial charge in [-0.15, -0.1) is 10.2 Å². The molecule has 1 N–H and O–H groups in total. The van der Waals surface area contributed by atoms with Crippen molar-refractivity contribution in [3.05, 3.63) is 108 Å². The van der Waals surface area contributed by atoms with Gasteiger partial charge in [0.2, 0.25) is 11.8 Å². The molecular formula is C22H17N3O2. The quantitative estimate of drug-likeness (QED) is 0.581. The molecule has 27 heavy (non-hydrogen) atoms. The molecule has 0 bridgehead atoms. The zero-order valence-electron chi connectivity index (χ0n) is 14.4. The lowest BCUT2D eigenvalue weighted by Gasteiger charge is -2.15. The summed E-state index contributed by atoms with van der Waals surface area (Å²) in [6.45, 7) is 0. The van der Waals surface area contributed by atoms with E-state index in [0.29, 0.717) is 17.3 Å². The second kappa shape index (κ2) is 7.66. The van der Waals surface area contributed by atoms with Crippen LogP contribution in [0, 0.1) is 0 Å². The molecule has 1 atom stereocenters. The fourth-order valence-corrected chi connectivity index (χ4v) is 2.79. The van der Waals surface area contributed by atoms with Crippen LogP contribution in [-0.2, 0) is 0 Å². The number of benzene rings is 3. The Labute approximate surface area is 156 Å². The van der Waals surface area contributed by atoms with Crippen molar-refractivity contribution in [1.29, 1.82) is 0 Å². The van der Waals surface area contributed by atoms with Gasteiger partial charge in [-0.25, -0.2) is 0 Å². The molecule has 1 amide bonds. The van der Waals surface area contributed by atoms with E-state index in [1.54, 1.807) is 12.1 Å². The number of rotatable bonds is 5. The van der Waals surface area contributed by atoms with Crippen molar-refractivity contribution in [3.8, 4) is 11.5 Å². The van der Waals surface area contributed by atoms with E-state index in [1.807, 2.05) is 78.9 Å². The normalized spacial score (nSPS) is 11.7. The first-order valence-corrected chi connectivity index (χ1v) is 8.61. The van der Waals surface area contributed by atoms with Crippen LogP contribution in [0.5, 0.6) is 0 Å². The van der Waals surface area contributed by atoms with Gasteiger partial charge >= 0.3 is 0 Å². The van der Waals surface area contributed by atoms with E-state index in [0.717, 1.165) is 11.1 Å². The SMILES string of the molecule is O=C(N[C@@H](c1ccccc1)c1nnc(-c2ccccc2)o1)c1ccccc1. The Kier molecular flexibility index (Phi) is 4.74. The molecule has 0 saturated carbocycles. The predicted octanol–water partition coefficient (Wildman–Crippen LogP) is 4.26. The number of carbonyl (C=O) groups excluding carboxylic acids is 1. The van der Waals surface area contributed by atoms with Gasteiger partial charge in [0, 0.05) is 11.1 Å². The van der Waals surface area contributed by atoms with Crippen LogP contribution in [0.25, 0.3) is 11.5 Å². The molecule has 132 valence electrons. The van der Waals surface area contributed by atoms with E-state index in [2.05, 4.69) is 15.5 Å². The molecule has 4 rings (SSSR count). The van der Waals surface area contributed by atoms with Crippen LogP contribution in [0.3, 0.4) is 0 Å². The maximum atomic E-state index is 12.7. The van der Waals surface area contributed by atoms with Gasteiger partial charge in [-0.3, -0.25) is 4.79 Å². The molecule has 0 spiro atoms. The van der Waals surface area contributed by atoms with Gasteiger partial charge in [-0.1, -0.05) is 66.7 Å². The highest BCUT2D eigenvalue weighted by atomic mass is 16.4. The van der Waals surface area contributed by atoms with Gasteiger partial charge in [0.05, 0.1) is 0 Å². The van der Waals surface area contributed by atoms with Crippen molar-refractivity contribution in [2.45, 2.75) is 6.04 Å². The molecule has 0 radical (unpaired) electrons. The Morgan fingerprint density at radius 1 is 0.778 bits per heavy atom. The summed E-state index contributed by atoms with van der Waals surface area (Å²) in [5.74, 6) is 0.550. The standard InChI is InChI=1S/C22H17N3O2/c26-20(17-12-6-2-7-13-17)23-19(16-10-4-1-5-11-16)22-25-24-21(27-22)18-14-8-3-9-15-18/h1-15,19H,(H,23,26)/t19-/m0/s1. The molecule has 0 aliphatic rings. The minimum absolute atomic E-state index is 0.205. The Bertz CT molecular complexity index is 1020. The fraction of sp³-hybridized carbons (Fsp3) is 0.0455. The van der Waals surface area contributed by atoms with Gasteiger partial charge < -0.3 is 9.73 Å². The van der Waals surface area contributed by atoms with Crippen molar-refractivity contribution in [3.63, 3.8) is 0 Å². The summed E-state index contributed by atoms with van der Waals surface area (Å²) in [7, 11) is 0. The highest BCUT2D eigenvalue weighted by Gasteiger charge is 2.23. The molecule has 0 fully saturated rings. The maximum Gasteiger partial charge on any atom is 0.252 e. The van der Waals surface area contributed by atoms with E-state index in [9.17, 15) is 4.79 Å². The number of hydrogen-bond donors (Lipinski definition) is 1. The van der Waals surface area contributed by atoms with Gasteiger partial charge in [-0.05, 0) is 29.8 Å². The summed E-state index contributed by atoms with van der Waals surface area (Å²) < 4.78 is 5.89. The van der Waals surface area contributed by atoms with Crippen molar-refractivity contribution in [2.75, 3.05) is 0 Å². The largest absolute Gasteiger partial charge is 0.418 e. The smallest absolute Gasteiger partial charge is 0.252 e. The molecule has 5 nitrogen and oxygen atoms in total. The maximum absolute atomic E-state index is 12.7. The van der Waals surface area contributed by atoms with Crippen molar-refractivity contribution >= 4 is 5.91 Å². The van der Waals surface area contributed by atoms with Crippen LogP contribution in [0.1, 0.15) is 27.9 Å². The highest BCUT2D eigenvalue weighted by molar-refractivity contribution is 5.94. The minimum Gasteiger partial charge on any atom is -0.418 e. The Balaban J connectivity index is 1.67. The second-order valence-corrected chi connectivity index (χ2v) is 5.99. The molecule has 1 aromatic heterocycles. The number of aromatic nitrogens is 2. The topological polar surface area (TPSA) is 68.0 Å². The van der Waals surface area contributed by atoms with Crippen LogP contribution < -0.4 is 5.32 Å². The number of carbonyl (C=O) groups is 1. The molecule has 3 aromatic carbocycles. The summed E-state index contributed by atoms with van der Waals surface area (Å²) in [5.41, 5.74) is 2.27. The lowest BCUT2D eigenvalue weighted by Crippen LogP contribution is -2.29. The Morgan fingerprint density at radius 3 is 2.04 bits per heavy atom. The number of hydrogen-bond acceptors (Lipinski definition) is 4. The number of nitrogens with one attached hydrogen (secondary N) is 1. The van der Waals surface area contributed by atoms with Crippen molar-refractivity contribution < 1.29 is 9.21 Å². The molecule has 1 heterocycles. The van der Waals surface area contributed by atoms with Crippen LogP contribution in [0.4, 0.5) is 0 Å². The van der Waals surface area contributed by atoms with E-state index in [1.165, 1.54) is 0 Å². The second-order valence-electron chi connectivity index (χ2n) is 5.99. The minimum atomic E-state index is -0.538. The third-order valence-corrected chi connectivity index (χ3v) is 4.15. The van der Waals surface area contributed by atoms with Crippen LogP contribution >= 0.6 is 0 Å². The molecule has 0 aliphatic heterocycles. The lowest BCUT2D eigenvalue weighted by molar-refractivity contribution is 0.0938. The zero-order valence-corrected chi connectivity index (χ0v) is 14.4. The Hall–Kier alpha value is -3.73. The fourth-order valence-electron chi connectivity index (χ4n) is 2.79. The average Bonchev–Trinajstić information content (AvgIpc) is 3.24.